The second-order valence-electron chi connectivity index (χ2n) is 4.73. The van der Waals surface area contributed by atoms with Gasteiger partial charge in [0.25, 0.3) is 0 Å². The quantitative estimate of drug-likeness (QED) is 0.793. The molecule has 1 atom stereocenters. The van der Waals surface area contributed by atoms with E-state index in [1.165, 1.54) is 14.2 Å². The molecule has 0 aliphatic heterocycles. The van der Waals surface area contributed by atoms with Gasteiger partial charge in [-0.3, -0.25) is 4.57 Å². The average Bonchev–Trinajstić information content (AvgIpc) is 2.54. The smallest absolute Gasteiger partial charge is 0.356 e. The summed E-state index contributed by atoms with van der Waals surface area (Å²) in [4.78, 5) is 0. The van der Waals surface area contributed by atoms with Crippen LogP contribution >= 0.6 is 7.60 Å². The van der Waals surface area contributed by atoms with Crippen molar-refractivity contribution in [2.45, 2.75) is 12.7 Å². The Kier molecular flexibility index (Phi) is 5.18. The van der Waals surface area contributed by atoms with Crippen molar-refractivity contribution in [1.29, 1.82) is 0 Å². The second-order valence-corrected chi connectivity index (χ2v) is 7.05. The number of hydrogen-bond acceptors (Lipinski definition) is 4. The van der Waals surface area contributed by atoms with E-state index in [0.29, 0.717) is 0 Å². The van der Waals surface area contributed by atoms with Crippen LogP contribution in [0.5, 0.6) is 0 Å². The number of anilines is 1. The Bertz CT molecular complexity index is 605. The molecule has 0 aromatic heterocycles. The zero-order chi connectivity index (χ0) is 15.3. The van der Waals surface area contributed by atoms with Gasteiger partial charge in [0, 0.05) is 19.9 Å². The molecule has 0 radical (unpaired) electrons. The summed E-state index contributed by atoms with van der Waals surface area (Å²) in [6.07, 6.45) is 0. The molecule has 2 aromatic carbocycles. The minimum atomic E-state index is -3.30. The molecular formula is C16H20NO3P. The maximum Gasteiger partial charge on any atom is 0.356 e. The first-order valence-electron chi connectivity index (χ1n) is 6.68. The predicted molar refractivity (Wildman–Crippen MR) is 85.6 cm³/mol. The predicted octanol–water partition coefficient (Wildman–Crippen LogP) is 4.59. The normalized spacial score (nSPS) is 12.9. The van der Waals surface area contributed by atoms with Gasteiger partial charge < -0.3 is 14.4 Å². The van der Waals surface area contributed by atoms with E-state index >= 15 is 0 Å². The van der Waals surface area contributed by atoms with Crippen LogP contribution in [0.15, 0.2) is 54.6 Å². The lowest BCUT2D eigenvalue weighted by molar-refractivity contribution is 0.268. The van der Waals surface area contributed by atoms with Gasteiger partial charge in [-0.05, 0) is 24.6 Å². The zero-order valence-electron chi connectivity index (χ0n) is 12.4. The standard InChI is InChI=1S/C16H20NO3P/c1-13-9-11-14(12-10-13)16(21(18,19-2)20-3)17-15-7-5-4-6-8-15/h4-12,16-17H,1-3H3. The molecule has 1 N–H and O–H groups in total. The maximum absolute atomic E-state index is 12.8. The van der Waals surface area contributed by atoms with Gasteiger partial charge in [-0.2, -0.15) is 0 Å². The molecule has 4 nitrogen and oxygen atoms in total. The lowest BCUT2D eigenvalue weighted by atomic mass is 10.1. The molecule has 0 saturated carbocycles. The van der Waals surface area contributed by atoms with E-state index in [0.717, 1.165) is 16.8 Å². The van der Waals surface area contributed by atoms with Gasteiger partial charge in [0.2, 0.25) is 0 Å². The molecule has 1 unspecified atom stereocenters. The van der Waals surface area contributed by atoms with Crippen molar-refractivity contribution in [3.05, 3.63) is 65.7 Å². The summed E-state index contributed by atoms with van der Waals surface area (Å²) in [5, 5.41) is 3.24. The number of rotatable bonds is 6. The van der Waals surface area contributed by atoms with Crippen LogP contribution in [0.1, 0.15) is 16.9 Å². The summed E-state index contributed by atoms with van der Waals surface area (Å²) in [6.45, 7) is 2.01. The van der Waals surface area contributed by atoms with Crippen LogP contribution in [-0.2, 0) is 13.6 Å². The van der Waals surface area contributed by atoms with Crippen molar-refractivity contribution in [3.63, 3.8) is 0 Å². The molecule has 0 aliphatic carbocycles. The van der Waals surface area contributed by atoms with Gasteiger partial charge in [-0.25, -0.2) is 0 Å². The third-order valence-corrected chi connectivity index (χ3v) is 5.37. The largest absolute Gasteiger partial charge is 0.368 e. The van der Waals surface area contributed by atoms with Gasteiger partial charge in [0.1, 0.15) is 0 Å². The molecule has 0 fully saturated rings. The molecule has 0 aliphatic rings. The van der Waals surface area contributed by atoms with Crippen molar-refractivity contribution in [1.82, 2.24) is 0 Å². The van der Waals surface area contributed by atoms with E-state index in [1.54, 1.807) is 0 Å². The van der Waals surface area contributed by atoms with Crippen molar-refractivity contribution in [3.8, 4) is 0 Å². The molecule has 21 heavy (non-hydrogen) atoms. The van der Waals surface area contributed by atoms with Crippen LogP contribution in [0.25, 0.3) is 0 Å². The SMILES string of the molecule is COP(=O)(OC)C(Nc1ccccc1)c1ccc(C)cc1. The molecular weight excluding hydrogens is 285 g/mol. The van der Waals surface area contributed by atoms with Gasteiger partial charge in [0.15, 0.2) is 5.78 Å². The zero-order valence-corrected chi connectivity index (χ0v) is 13.3. The van der Waals surface area contributed by atoms with E-state index in [-0.39, 0.29) is 0 Å². The molecule has 0 spiro atoms. The van der Waals surface area contributed by atoms with Crippen molar-refractivity contribution < 1.29 is 13.6 Å². The number of para-hydroxylation sites is 1. The van der Waals surface area contributed by atoms with Crippen LogP contribution in [0.3, 0.4) is 0 Å². The van der Waals surface area contributed by atoms with Gasteiger partial charge in [0.05, 0.1) is 0 Å². The Morgan fingerprint density at radius 1 is 0.952 bits per heavy atom. The first-order valence-corrected chi connectivity index (χ1v) is 8.29. The Labute approximate surface area is 125 Å². The minimum absolute atomic E-state index is 0.560. The molecule has 0 saturated heterocycles. The summed E-state index contributed by atoms with van der Waals surface area (Å²) >= 11 is 0. The summed E-state index contributed by atoms with van der Waals surface area (Å²) in [7, 11) is -0.503. The van der Waals surface area contributed by atoms with Gasteiger partial charge in [-0.15, -0.1) is 0 Å². The number of benzene rings is 2. The fourth-order valence-corrected chi connectivity index (χ4v) is 3.49. The Hall–Kier alpha value is -1.61. The monoisotopic (exact) mass is 305 g/mol. The minimum Gasteiger partial charge on any atom is -0.368 e. The van der Waals surface area contributed by atoms with E-state index in [2.05, 4.69) is 5.32 Å². The first-order chi connectivity index (χ1) is 10.1. The molecule has 0 amide bonds. The molecule has 0 bridgehead atoms. The Morgan fingerprint density at radius 2 is 1.52 bits per heavy atom. The number of nitrogens with one attached hydrogen (secondary N) is 1. The fourth-order valence-electron chi connectivity index (χ4n) is 2.07. The summed E-state index contributed by atoms with van der Waals surface area (Å²) in [6, 6.07) is 17.4. The van der Waals surface area contributed by atoms with Crippen LogP contribution in [0.2, 0.25) is 0 Å². The van der Waals surface area contributed by atoms with Crippen molar-refractivity contribution in [2.75, 3.05) is 19.5 Å². The first kappa shape index (κ1) is 15.8. The average molecular weight is 305 g/mol. The Balaban J connectivity index is 2.39. The lowest BCUT2D eigenvalue weighted by Gasteiger charge is -2.26. The summed E-state index contributed by atoms with van der Waals surface area (Å²) in [5.41, 5.74) is 2.86. The second kappa shape index (κ2) is 6.90. The highest BCUT2D eigenvalue weighted by molar-refractivity contribution is 7.54. The highest BCUT2D eigenvalue weighted by Crippen LogP contribution is 2.59. The molecule has 2 rings (SSSR count). The lowest BCUT2D eigenvalue weighted by Crippen LogP contribution is -2.13. The number of hydrogen-bond donors (Lipinski definition) is 1. The molecule has 112 valence electrons. The van der Waals surface area contributed by atoms with Crippen LogP contribution < -0.4 is 5.32 Å². The van der Waals surface area contributed by atoms with Crippen molar-refractivity contribution in [2.24, 2.45) is 0 Å². The van der Waals surface area contributed by atoms with E-state index in [4.69, 9.17) is 9.05 Å². The van der Waals surface area contributed by atoms with Crippen LogP contribution in [0.4, 0.5) is 5.69 Å². The Morgan fingerprint density at radius 3 is 2.05 bits per heavy atom. The van der Waals surface area contributed by atoms with E-state index < -0.39 is 13.4 Å². The third-order valence-electron chi connectivity index (χ3n) is 3.30. The highest BCUT2D eigenvalue weighted by atomic mass is 31.2. The van der Waals surface area contributed by atoms with Gasteiger partial charge >= 0.3 is 7.60 Å². The number of aryl methyl sites for hydroxylation is 1. The fraction of sp³-hybridized carbons (Fsp3) is 0.250. The van der Waals surface area contributed by atoms with Crippen LogP contribution in [0, 0.1) is 6.92 Å². The summed E-state index contributed by atoms with van der Waals surface area (Å²) in [5.74, 6) is -0.560. The molecule has 0 heterocycles. The summed E-state index contributed by atoms with van der Waals surface area (Å²) < 4.78 is 23.2. The van der Waals surface area contributed by atoms with Gasteiger partial charge in [-0.1, -0.05) is 48.0 Å². The van der Waals surface area contributed by atoms with Crippen LogP contribution in [-0.4, -0.2) is 14.2 Å². The topological polar surface area (TPSA) is 47.6 Å². The molecule has 2 aromatic rings. The van der Waals surface area contributed by atoms with Crippen molar-refractivity contribution >= 4 is 13.3 Å². The highest BCUT2D eigenvalue weighted by Gasteiger charge is 2.35. The maximum atomic E-state index is 12.8. The van der Waals surface area contributed by atoms with E-state index in [1.807, 2.05) is 61.5 Å². The third kappa shape index (κ3) is 3.73. The van der Waals surface area contributed by atoms with E-state index in [9.17, 15) is 4.57 Å². The molecule has 5 heteroatoms.